The molecule has 24 heavy (non-hydrogen) atoms. The lowest BCUT2D eigenvalue weighted by Gasteiger charge is -2.23. The van der Waals surface area contributed by atoms with Crippen LogP contribution >= 0.6 is 11.3 Å². The maximum atomic E-state index is 9.40. The lowest BCUT2D eigenvalue weighted by molar-refractivity contribution is 0.317. The van der Waals surface area contributed by atoms with Crippen molar-refractivity contribution in [2.24, 2.45) is 5.16 Å². The highest BCUT2D eigenvalue weighted by atomic mass is 32.1. The fourth-order valence-electron chi connectivity index (χ4n) is 3.34. The van der Waals surface area contributed by atoms with Crippen molar-refractivity contribution < 1.29 is 5.21 Å². The third-order valence-electron chi connectivity index (χ3n) is 4.63. The van der Waals surface area contributed by atoms with Gasteiger partial charge in [-0.3, -0.25) is 4.98 Å². The van der Waals surface area contributed by atoms with Crippen molar-refractivity contribution >= 4 is 17.0 Å². The molecule has 1 atom stereocenters. The fourth-order valence-corrected chi connectivity index (χ4v) is 4.58. The van der Waals surface area contributed by atoms with Crippen LogP contribution in [0.4, 0.5) is 0 Å². The van der Waals surface area contributed by atoms with Crippen molar-refractivity contribution in [2.45, 2.75) is 25.7 Å². The van der Waals surface area contributed by atoms with Crippen LogP contribution in [0.2, 0.25) is 0 Å². The van der Waals surface area contributed by atoms with E-state index in [1.54, 1.807) is 11.3 Å². The second-order valence-electron chi connectivity index (χ2n) is 6.18. The molecular weight excluding hydrogens is 316 g/mol. The van der Waals surface area contributed by atoms with Gasteiger partial charge in [0.25, 0.3) is 0 Å². The zero-order valence-corrected chi connectivity index (χ0v) is 14.3. The fraction of sp³-hybridized carbons (Fsp3) is 0.200. The molecule has 0 radical (unpaired) electrons. The minimum atomic E-state index is 0.359. The van der Waals surface area contributed by atoms with Crippen LogP contribution in [0, 0.1) is 6.92 Å². The number of hydrogen-bond donors (Lipinski definition) is 1. The number of thiophene rings is 1. The summed E-state index contributed by atoms with van der Waals surface area (Å²) in [5, 5.41) is 12.9. The van der Waals surface area contributed by atoms with Gasteiger partial charge in [-0.25, -0.2) is 0 Å². The molecule has 0 bridgehead atoms. The molecule has 4 heteroatoms. The number of nitrogens with zero attached hydrogens (tertiary/aromatic N) is 2. The number of hydrogen-bond acceptors (Lipinski definition) is 4. The summed E-state index contributed by atoms with van der Waals surface area (Å²) >= 11 is 1.70. The third kappa shape index (κ3) is 2.63. The first-order valence-electron chi connectivity index (χ1n) is 8.08. The van der Waals surface area contributed by atoms with Crippen molar-refractivity contribution in [1.29, 1.82) is 0 Å². The topological polar surface area (TPSA) is 45.5 Å². The van der Waals surface area contributed by atoms with Gasteiger partial charge in [0.1, 0.15) is 0 Å². The molecule has 1 N–H and O–H groups in total. The van der Waals surface area contributed by atoms with Gasteiger partial charge >= 0.3 is 0 Å². The van der Waals surface area contributed by atoms with E-state index in [9.17, 15) is 5.21 Å². The van der Waals surface area contributed by atoms with Crippen molar-refractivity contribution in [1.82, 2.24) is 4.98 Å². The van der Waals surface area contributed by atoms with E-state index in [1.165, 1.54) is 21.6 Å². The van der Waals surface area contributed by atoms with E-state index in [2.05, 4.69) is 47.4 Å². The first kappa shape index (κ1) is 15.1. The minimum Gasteiger partial charge on any atom is -0.411 e. The molecular formula is C20H18N2OS. The highest BCUT2D eigenvalue weighted by Crippen LogP contribution is 2.43. The smallest absolute Gasteiger partial charge is 0.0970 e. The average Bonchev–Trinajstić information content (AvgIpc) is 3.08. The Labute approximate surface area is 145 Å². The van der Waals surface area contributed by atoms with Gasteiger partial charge in [-0.05, 0) is 54.7 Å². The number of rotatable bonds is 2. The van der Waals surface area contributed by atoms with Gasteiger partial charge < -0.3 is 5.21 Å². The van der Waals surface area contributed by atoms with E-state index in [0.29, 0.717) is 5.92 Å². The molecule has 1 aromatic carbocycles. The number of aromatic nitrogens is 1. The number of oxime groups is 1. The highest BCUT2D eigenvalue weighted by molar-refractivity contribution is 7.17. The van der Waals surface area contributed by atoms with Crippen molar-refractivity contribution in [3.63, 3.8) is 0 Å². The Kier molecular flexibility index (Phi) is 3.90. The van der Waals surface area contributed by atoms with Crippen LogP contribution in [0.15, 0.2) is 60.0 Å². The Balaban J connectivity index is 1.82. The number of pyridine rings is 1. The predicted molar refractivity (Wildman–Crippen MR) is 98.1 cm³/mol. The molecule has 3 nitrogen and oxygen atoms in total. The molecule has 1 unspecified atom stereocenters. The Bertz CT molecular complexity index is 882. The summed E-state index contributed by atoms with van der Waals surface area (Å²) in [6.45, 7) is 2.11. The molecule has 2 aromatic heterocycles. The van der Waals surface area contributed by atoms with Crippen LogP contribution in [-0.2, 0) is 0 Å². The monoisotopic (exact) mass is 334 g/mol. The second-order valence-corrected chi connectivity index (χ2v) is 7.23. The van der Waals surface area contributed by atoms with E-state index < -0.39 is 0 Å². The highest BCUT2D eigenvalue weighted by Gasteiger charge is 2.28. The first-order valence-corrected chi connectivity index (χ1v) is 8.90. The molecule has 120 valence electrons. The van der Waals surface area contributed by atoms with Gasteiger partial charge in [-0.2, -0.15) is 0 Å². The molecule has 0 fully saturated rings. The minimum absolute atomic E-state index is 0.359. The molecule has 2 heterocycles. The van der Waals surface area contributed by atoms with Gasteiger partial charge in [0, 0.05) is 23.2 Å². The first-order chi connectivity index (χ1) is 11.8. The Morgan fingerprint density at radius 2 is 1.88 bits per heavy atom. The quantitative estimate of drug-likeness (QED) is 0.516. The van der Waals surface area contributed by atoms with E-state index in [-0.39, 0.29) is 0 Å². The summed E-state index contributed by atoms with van der Waals surface area (Å²) < 4.78 is 0. The van der Waals surface area contributed by atoms with Crippen LogP contribution in [0.5, 0.6) is 0 Å². The summed E-state index contributed by atoms with van der Waals surface area (Å²) in [4.78, 5) is 6.40. The molecule has 1 aliphatic rings. The van der Waals surface area contributed by atoms with E-state index in [1.807, 2.05) is 24.5 Å². The van der Waals surface area contributed by atoms with E-state index in [4.69, 9.17) is 0 Å². The van der Waals surface area contributed by atoms with Crippen molar-refractivity contribution in [3.05, 3.63) is 76.4 Å². The molecule has 0 aliphatic heterocycles. The van der Waals surface area contributed by atoms with Crippen LogP contribution in [0.1, 0.15) is 40.3 Å². The Morgan fingerprint density at radius 1 is 1.12 bits per heavy atom. The zero-order valence-electron chi connectivity index (χ0n) is 13.4. The van der Waals surface area contributed by atoms with E-state index >= 15 is 0 Å². The van der Waals surface area contributed by atoms with Crippen LogP contribution < -0.4 is 0 Å². The van der Waals surface area contributed by atoms with Crippen molar-refractivity contribution in [3.8, 4) is 10.4 Å². The normalized spacial score (nSPS) is 18.5. The van der Waals surface area contributed by atoms with Crippen LogP contribution in [-0.4, -0.2) is 15.9 Å². The molecule has 0 amide bonds. The second kappa shape index (κ2) is 6.21. The summed E-state index contributed by atoms with van der Waals surface area (Å²) in [5.74, 6) is 0.359. The maximum absolute atomic E-state index is 9.40. The van der Waals surface area contributed by atoms with Crippen LogP contribution in [0.25, 0.3) is 10.4 Å². The average molecular weight is 334 g/mol. The van der Waals surface area contributed by atoms with Gasteiger partial charge in [0.2, 0.25) is 0 Å². The summed E-state index contributed by atoms with van der Waals surface area (Å²) in [5.41, 5.74) is 5.84. The third-order valence-corrected chi connectivity index (χ3v) is 5.88. The summed E-state index contributed by atoms with van der Waals surface area (Å²) in [6.07, 6.45) is 5.40. The van der Waals surface area contributed by atoms with E-state index in [0.717, 1.165) is 29.0 Å². The summed E-state index contributed by atoms with van der Waals surface area (Å²) in [7, 11) is 0. The van der Waals surface area contributed by atoms with Crippen molar-refractivity contribution in [2.75, 3.05) is 0 Å². The Hall–Kier alpha value is -2.46. The maximum Gasteiger partial charge on any atom is 0.0970 e. The molecule has 0 spiro atoms. The number of fused-ring (bicyclic) bond motifs is 1. The predicted octanol–water partition coefficient (Wildman–Crippen LogP) is 5.22. The molecule has 1 aliphatic carbocycles. The Morgan fingerprint density at radius 3 is 2.58 bits per heavy atom. The number of aryl methyl sites for hydroxylation is 1. The van der Waals surface area contributed by atoms with Gasteiger partial charge in [-0.15, -0.1) is 11.3 Å². The molecule has 4 rings (SSSR count). The lowest BCUT2D eigenvalue weighted by atomic mass is 9.81. The molecule has 3 aromatic rings. The zero-order chi connectivity index (χ0) is 16.5. The standard InChI is InChI=1S/C20H18N2OS/c1-13-2-4-14(5-3-13)16-6-7-18(22-23)20-17(16)12-19(24-20)15-8-10-21-11-9-15/h2-5,8-12,16,23H,6-7H2,1H3/b22-18-. The molecule has 0 saturated heterocycles. The lowest BCUT2D eigenvalue weighted by Crippen LogP contribution is -2.14. The summed E-state index contributed by atoms with van der Waals surface area (Å²) in [6, 6.07) is 15.1. The SMILES string of the molecule is Cc1ccc(C2CC/C(=N/O)c3sc(-c4ccncc4)cc32)cc1. The number of benzene rings is 1. The molecule has 0 saturated carbocycles. The largest absolute Gasteiger partial charge is 0.411 e. The van der Waals surface area contributed by atoms with Gasteiger partial charge in [0.05, 0.1) is 10.6 Å². The van der Waals surface area contributed by atoms with Gasteiger partial charge in [-0.1, -0.05) is 35.0 Å². The van der Waals surface area contributed by atoms with Gasteiger partial charge in [0.15, 0.2) is 0 Å². The van der Waals surface area contributed by atoms with Crippen LogP contribution in [0.3, 0.4) is 0 Å².